The Kier molecular flexibility index (Phi) is 5.30. The highest BCUT2D eigenvalue weighted by Gasteiger charge is 2.43. The number of fused-ring (bicyclic) bond motifs is 4. The van der Waals surface area contributed by atoms with Crippen LogP contribution in [0.4, 0.5) is 36.2 Å². The van der Waals surface area contributed by atoms with Crippen molar-refractivity contribution in [1.29, 1.82) is 0 Å². The van der Waals surface area contributed by atoms with Crippen molar-refractivity contribution in [1.82, 2.24) is 9.97 Å². The van der Waals surface area contributed by atoms with E-state index in [1.165, 1.54) is 6.20 Å². The molecule has 170 valence electrons. The van der Waals surface area contributed by atoms with Crippen molar-refractivity contribution in [2.24, 2.45) is 5.92 Å². The van der Waals surface area contributed by atoms with Gasteiger partial charge in [-0.1, -0.05) is 0 Å². The van der Waals surface area contributed by atoms with Crippen LogP contribution in [0, 0.1) is 5.92 Å². The molecule has 10 heteroatoms. The van der Waals surface area contributed by atoms with Crippen LogP contribution >= 0.6 is 0 Å². The zero-order valence-corrected chi connectivity index (χ0v) is 17.5. The molecule has 2 N–H and O–H groups in total. The molecule has 3 aliphatic rings. The first-order valence-corrected chi connectivity index (χ1v) is 11.0. The Morgan fingerprint density at radius 3 is 2.75 bits per heavy atom. The van der Waals surface area contributed by atoms with E-state index in [9.17, 15) is 18.0 Å². The van der Waals surface area contributed by atoms with Crippen molar-refractivity contribution in [3.63, 3.8) is 0 Å². The van der Waals surface area contributed by atoms with Gasteiger partial charge in [-0.15, -0.1) is 0 Å². The molecule has 1 amide bonds. The summed E-state index contributed by atoms with van der Waals surface area (Å²) >= 11 is 0. The molecule has 0 aromatic carbocycles. The molecular weight excluding hydrogens is 421 g/mol. The number of carbonyl (C=O) groups is 1. The molecule has 2 atom stereocenters. The lowest BCUT2D eigenvalue weighted by atomic mass is 9.96. The highest BCUT2D eigenvalue weighted by atomic mass is 19.4. The summed E-state index contributed by atoms with van der Waals surface area (Å²) in [7, 11) is 0. The molecule has 3 aliphatic heterocycles. The number of alkyl halides is 3. The first-order chi connectivity index (χ1) is 15.4. The van der Waals surface area contributed by atoms with Crippen LogP contribution in [0.15, 0.2) is 30.6 Å². The van der Waals surface area contributed by atoms with Crippen LogP contribution in [0.25, 0.3) is 0 Å². The van der Waals surface area contributed by atoms with Crippen LogP contribution in [0.2, 0.25) is 0 Å². The van der Waals surface area contributed by atoms with E-state index in [2.05, 4.69) is 20.5 Å². The number of hydrogen-bond donors (Lipinski definition) is 2. The van der Waals surface area contributed by atoms with Crippen molar-refractivity contribution in [3.8, 4) is 0 Å². The zero-order valence-electron chi connectivity index (χ0n) is 17.5. The van der Waals surface area contributed by atoms with Crippen molar-refractivity contribution >= 4 is 28.9 Å². The number of aromatic nitrogens is 2. The maximum Gasteiger partial charge on any atom is 0.393 e. The summed E-state index contributed by atoms with van der Waals surface area (Å²) in [5.41, 5.74) is 1.62. The number of carbonyl (C=O) groups excluding carboxylic acids is 1. The van der Waals surface area contributed by atoms with Crippen LogP contribution in [-0.2, 0) is 0 Å². The number of amides is 1. The van der Waals surface area contributed by atoms with E-state index in [0.717, 1.165) is 31.6 Å². The Labute approximate surface area is 184 Å². The second-order valence-corrected chi connectivity index (χ2v) is 8.68. The van der Waals surface area contributed by atoms with E-state index in [4.69, 9.17) is 4.98 Å². The Morgan fingerprint density at radius 1 is 1.16 bits per heavy atom. The standard InChI is InChI=1S/C22H25F3N6O/c23-22(24,25)14-4-2-9-31(12-14)20-17(21(32)28-15-5-1-7-26-11-15)10-18-19(29-20)27-16-6-3-8-30(18)13-16/h1,5,7,10-11,14,16H,2-4,6,8-9,12-13H2,(H,27,29)(H,28,32)/t14-,16-/m0/s1. The summed E-state index contributed by atoms with van der Waals surface area (Å²) in [4.78, 5) is 25.8. The minimum atomic E-state index is -4.27. The number of pyridine rings is 2. The lowest BCUT2D eigenvalue weighted by Crippen LogP contribution is -2.47. The fourth-order valence-corrected chi connectivity index (χ4v) is 4.83. The van der Waals surface area contributed by atoms with Gasteiger partial charge in [-0.2, -0.15) is 13.2 Å². The molecule has 2 aromatic heterocycles. The fraction of sp³-hybridized carbons (Fsp3) is 0.500. The molecule has 5 rings (SSSR count). The Hall–Kier alpha value is -3.04. The minimum Gasteiger partial charge on any atom is -0.366 e. The lowest BCUT2D eigenvalue weighted by Gasteiger charge is -2.42. The van der Waals surface area contributed by atoms with Gasteiger partial charge in [0.05, 0.1) is 29.1 Å². The molecule has 2 saturated heterocycles. The van der Waals surface area contributed by atoms with E-state index in [0.29, 0.717) is 30.3 Å². The predicted molar refractivity (Wildman–Crippen MR) is 116 cm³/mol. The highest BCUT2D eigenvalue weighted by Crippen LogP contribution is 2.40. The average molecular weight is 446 g/mol. The van der Waals surface area contributed by atoms with E-state index in [1.807, 2.05) is 0 Å². The first kappa shape index (κ1) is 20.8. The SMILES string of the molecule is O=C(Nc1cccnc1)c1cc2c(nc1N1CCC[C@H](C(F)(F)F)C1)N[C@H]1CCCN2C1. The number of piperidine rings is 2. The average Bonchev–Trinajstić information content (AvgIpc) is 2.79. The number of nitrogens with one attached hydrogen (secondary N) is 2. The van der Waals surface area contributed by atoms with Crippen LogP contribution < -0.4 is 20.4 Å². The molecule has 0 spiro atoms. The quantitative estimate of drug-likeness (QED) is 0.745. The molecule has 7 nitrogen and oxygen atoms in total. The number of rotatable bonds is 3. The molecule has 2 bridgehead atoms. The van der Waals surface area contributed by atoms with Crippen LogP contribution in [-0.4, -0.2) is 54.3 Å². The van der Waals surface area contributed by atoms with Gasteiger partial charge in [0, 0.05) is 38.4 Å². The molecule has 2 aromatic rings. The zero-order chi connectivity index (χ0) is 22.3. The summed E-state index contributed by atoms with van der Waals surface area (Å²) in [5.74, 6) is -0.897. The molecular formula is C22H25F3N6O. The third kappa shape index (κ3) is 4.05. The fourth-order valence-electron chi connectivity index (χ4n) is 4.83. The van der Waals surface area contributed by atoms with E-state index in [1.54, 1.807) is 29.3 Å². The molecule has 2 fully saturated rings. The second kappa shape index (κ2) is 8.14. The largest absolute Gasteiger partial charge is 0.393 e. The number of halogens is 3. The van der Waals surface area contributed by atoms with E-state index >= 15 is 0 Å². The summed E-state index contributed by atoms with van der Waals surface area (Å²) in [6.07, 6.45) is 1.41. The summed E-state index contributed by atoms with van der Waals surface area (Å²) in [6.45, 7) is 1.93. The van der Waals surface area contributed by atoms with Crippen LogP contribution in [0.1, 0.15) is 36.0 Å². The number of nitrogens with zero attached hydrogens (tertiary/aromatic N) is 4. The molecule has 0 aliphatic carbocycles. The summed E-state index contributed by atoms with van der Waals surface area (Å²) in [5, 5.41) is 6.23. The third-order valence-corrected chi connectivity index (χ3v) is 6.43. The van der Waals surface area contributed by atoms with Gasteiger partial charge in [-0.3, -0.25) is 9.78 Å². The smallest absolute Gasteiger partial charge is 0.366 e. The topological polar surface area (TPSA) is 73.4 Å². The maximum absolute atomic E-state index is 13.5. The van der Waals surface area contributed by atoms with Crippen molar-refractivity contribution < 1.29 is 18.0 Å². The molecule has 5 heterocycles. The molecule has 32 heavy (non-hydrogen) atoms. The Bertz CT molecular complexity index is 999. The van der Waals surface area contributed by atoms with Crippen molar-refractivity contribution in [2.75, 3.05) is 46.6 Å². The van der Waals surface area contributed by atoms with Crippen molar-refractivity contribution in [3.05, 3.63) is 36.2 Å². The highest BCUT2D eigenvalue weighted by molar-refractivity contribution is 6.08. The molecule has 0 radical (unpaired) electrons. The van der Waals surface area contributed by atoms with Gasteiger partial charge >= 0.3 is 6.18 Å². The van der Waals surface area contributed by atoms with Gasteiger partial charge in [0.15, 0.2) is 5.82 Å². The first-order valence-electron chi connectivity index (χ1n) is 11.0. The van der Waals surface area contributed by atoms with Gasteiger partial charge in [-0.25, -0.2) is 4.98 Å². The molecule has 0 unspecified atom stereocenters. The van der Waals surface area contributed by atoms with Gasteiger partial charge in [-0.05, 0) is 43.9 Å². The summed E-state index contributed by atoms with van der Waals surface area (Å²) < 4.78 is 40.4. The minimum absolute atomic E-state index is 0.0935. The second-order valence-electron chi connectivity index (χ2n) is 8.68. The summed E-state index contributed by atoms with van der Waals surface area (Å²) in [6, 6.07) is 5.46. The normalized spacial score (nSPS) is 22.7. The Balaban J connectivity index is 1.53. The predicted octanol–water partition coefficient (Wildman–Crippen LogP) is 3.90. The van der Waals surface area contributed by atoms with E-state index < -0.39 is 18.0 Å². The van der Waals surface area contributed by atoms with Crippen LogP contribution in [0.5, 0.6) is 0 Å². The van der Waals surface area contributed by atoms with Gasteiger partial charge in [0.2, 0.25) is 0 Å². The van der Waals surface area contributed by atoms with Gasteiger partial charge < -0.3 is 20.4 Å². The van der Waals surface area contributed by atoms with Gasteiger partial charge in [0.1, 0.15) is 5.82 Å². The maximum atomic E-state index is 13.5. The van der Waals surface area contributed by atoms with E-state index in [-0.39, 0.29) is 24.6 Å². The lowest BCUT2D eigenvalue weighted by molar-refractivity contribution is -0.176. The van der Waals surface area contributed by atoms with Crippen molar-refractivity contribution in [2.45, 2.75) is 37.9 Å². The van der Waals surface area contributed by atoms with Crippen LogP contribution in [0.3, 0.4) is 0 Å². The number of anilines is 4. The number of hydrogen-bond acceptors (Lipinski definition) is 6. The van der Waals surface area contributed by atoms with Gasteiger partial charge in [0.25, 0.3) is 5.91 Å². The monoisotopic (exact) mass is 446 g/mol. The Morgan fingerprint density at radius 2 is 1.97 bits per heavy atom. The third-order valence-electron chi connectivity index (χ3n) is 6.43. The molecule has 0 saturated carbocycles.